The van der Waals surface area contributed by atoms with Gasteiger partial charge in [0.05, 0.1) is 39.6 Å². The molecule has 0 fully saturated rings. The van der Waals surface area contributed by atoms with Gasteiger partial charge in [0.1, 0.15) is 12.1 Å². The van der Waals surface area contributed by atoms with E-state index < -0.39 is 17.6 Å². The van der Waals surface area contributed by atoms with Crippen LogP contribution in [-0.4, -0.2) is 81.8 Å². The Bertz CT molecular complexity index is 462. The van der Waals surface area contributed by atoms with Crippen LogP contribution in [-0.2, 0) is 23.7 Å². The highest BCUT2D eigenvalue weighted by Crippen LogP contribution is 2.09. The summed E-state index contributed by atoms with van der Waals surface area (Å²) in [6.45, 7) is 7.51. The molecule has 0 rings (SSSR count). The van der Waals surface area contributed by atoms with Crippen molar-refractivity contribution in [3.8, 4) is 0 Å². The molecule has 0 aliphatic rings. The van der Waals surface area contributed by atoms with Crippen molar-refractivity contribution in [3.63, 3.8) is 0 Å². The fraction of sp³-hybridized carbons (Fsp3) is 0.867. The molecule has 150 valence electrons. The second-order valence-electron chi connectivity index (χ2n) is 6.16. The number of azide groups is 1. The molecule has 2 N–H and O–H groups in total. The van der Waals surface area contributed by atoms with Crippen LogP contribution in [0.4, 0.5) is 4.79 Å². The molecule has 26 heavy (non-hydrogen) atoms. The Labute approximate surface area is 153 Å². The first kappa shape index (κ1) is 23.9. The molecule has 0 bridgehead atoms. The van der Waals surface area contributed by atoms with Gasteiger partial charge >= 0.3 is 6.09 Å². The highest BCUT2D eigenvalue weighted by atomic mass is 16.6. The van der Waals surface area contributed by atoms with E-state index in [1.54, 1.807) is 20.8 Å². The summed E-state index contributed by atoms with van der Waals surface area (Å²) in [5, 5.41) is 3.33. The predicted octanol–water partition coefficient (Wildman–Crippen LogP) is 1.07. The molecule has 0 radical (unpaired) electrons. The smallest absolute Gasteiger partial charge is 0.410 e. The monoisotopic (exact) mass is 375 g/mol. The van der Waals surface area contributed by atoms with E-state index in [-0.39, 0.29) is 19.7 Å². The van der Waals surface area contributed by atoms with Crippen LogP contribution < -0.4 is 5.73 Å². The van der Waals surface area contributed by atoms with Gasteiger partial charge < -0.3 is 24.7 Å². The third-order valence-electron chi connectivity index (χ3n) is 2.65. The lowest BCUT2D eigenvalue weighted by atomic mass is 10.2. The number of carbonyl (C=O) groups is 2. The second-order valence-corrected chi connectivity index (χ2v) is 6.16. The summed E-state index contributed by atoms with van der Waals surface area (Å²) in [5.41, 5.74) is 12.6. The third-order valence-corrected chi connectivity index (χ3v) is 2.65. The highest BCUT2D eigenvalue weighted by Gasteiger charge is 2.23. The summed E-state index contributed by atoms with van der Waals surface area (Å²) in [7, 11) is 0. The minimum atomic E-state index is -0.662. The zero-order valence-electron chi connectivity index (χ0n) is 15.7. The number of ether oxygens (including phenoxy) is 4. The van der Waals surface area contributed by atoms with Crippen molar-refractivity contribution in [2.24, 2.45) is 10.8 Å². The van der Waals surface area contributed by atoms with Gasteiger partial charge in [0, 0.05) is 18.0 Å². The number of rotatable bonds is 14. The van der Waals surface area contributed by atoms with Crippen LogP contribution in [0.3, 0.4) is 0 Å². The van der Waals surface area contributed by atoms with Gasteiger partial charge in [-0.2, -0.15) is 0 Å². The normalized spacial score (nSPS) is 10.9. The maximum absolute atomic E-state index is 12.0. The van der Waals surface area contributed by atoms with Crippen LogP contribution >= 0.6 is 0 Å². The molecule has 0 spiro atoms. The molecule has 11 heteroatoms. The van der Waals surface area contributed by atoms with Crippen LogP contribution in [0.5, 0.6) is 0 Å². The fourth-order valence-electron chi connectivity index (χ4n) is 1.62. The topological polar surface area (TPSA) is 149 Å². The highest BCUT2D eigenvalue weighted by molar-refractivity contribution is 5.80. The van der Waals surface area contributed by atoms with Crippen molar-refractivity contribution >= 4 is 12.0 Å². The minimum absolute atomic E-state index is 0.181. The Morgan fingerprint density at radius 2 is 1.58 bits per heavy atom. The van der Waals surface area contributed by atoms with Crippen LogP contribution in [0.15, 0.2) is 5.11 Å². The number of hydrogen-bond donors (Lipinski definition) is 1. The minimum Gasteiger partial charge on any atom is -0.444 e. The molecule has 11 nitrogen and oxygen atoms in total. The molecule has 0 unspecified atom stereocenters. The molecule has 2 amide bonds. The Balaban J connectivity index is 3.80. The van der Waals surface area contributed by atoms with Gasteiger partial charge in [-0.1, -0.05) is 5.11 Å². The summed E-state index contributed by atoms with van der Waals surface area (Å²) in [4.78, 5) is 26.9. The van der Waals surface area contributed by atoms with E-state index in [9.17, 15) is 9.59 Å². The first-order chi connectivity index (χ1) is 12.3. The molecule has 0 aromatic rings. The number of nitrogens with zero attached hydrogens (tertiary/aromatic N) is 4. The molecule has 0 aromatic heterocycles. The van der Waals surface area contributed by atoms with Crippen molar-refractivity contribution in [2.45, 2.75) is 26.4 Å². The largest absolute Gasteiger partial charge is 0.444 e. The van der Waals surface area contributed by atoms with Crippen LogP contribution in [0.1, 0.15) is 20.8 Å². The average Bonchev–Trinajstić information content (AvgIpc) is 2.52. The lowest BCUT2D eigenvalue weighted by molar-refractivity contribution is -0.119. The first-order valence-electron chi connectivity index (χ1n) is 8.26. The zero-order chi connectivity index (χ0) is 19.8. The van der Waals surface area contributed by atoms with Gasteiger partial charge in [0.15, 0.2) is 0 Å². The third kappa shape index (κ3) is 15.5. The van der Waals surface area contributed by atoms with E-state index in [2.05, 4.69) is 10.0 Å². The van der Waals surface area contributed by atoms with Crippen LogP contribution in [0.25, 0.3) is 10.4 Å². The molecular formula is C15H29N5O6. The number of hydrogen-bond acceptors (Lipinski definition) is 7. The summed E-state index contributed by atoms with van der Waals surface area (Å²) < 4.78 is 21.0. The molecule has 0 aliphatic heterocycles. The molecular weight excluding hydrogens is 346 g/mol. The van der Waals surface area contributed by atoms with Crippen molar-refractivity contribution in [2.75, 3.05) is 59.3 Å². The Morgan fingerprint density at radius 3 is 2.08 bits per heavy atom. The maximum atomic E-state index is 12.0. The van der Waals surface area contributed by atoms with E-state index in [4.69, 9.17) is 30.2 Å². The Hall–Kier alpha value is -2.07. The number of carbonyl (C=O) groups excluding carboxylic acids is 2. The van der Waals surface area contributed by atoms with Gasteiger partial charge in [0.2, 0.25) is 5.91 Å². The summed E-state index contributed by atoms with van der Waals surface area (Å²) in [6.07, 6.45) is -0.617. The second kappa shape index (κ2) is 14.1. The standard InChI is InChI=1S/C15H29N5O6/c1-15(2,3)26-14(22)20(12-13(16)21)5-7-24-9-11-25-10-8-23-6-4-18-19-17/h4-12H2,1-3H3,(H2,16,21). The molecule has 0 saturated heterocycles. The Morgan fingerprint density at radius 1 is 1.04 bits per heavy atom. The first-order valence-corrected chi connectivity index (χ1v) is 8.26. The van der Waals surface area contributed by atoms with Gasteiger partial charge in [-0.3, -0.25) is 9.69 Å². The van der Waals surface area contributed by atoms with Gasteiger partial charge in [-0.25, -0.2) is 4.79 Å². The lowest BCUT2D eigenvalue weighted by Gasteiger charge is -2.26. The summed E-state index contributed by atoms with van der Waals surface area (Å²) >= 11 is 0. The number of primary amides is 1. The predicted molar refractivity (Wildman–Crippen MR) is 93.5 cm³/mol. The Kier molecular flexibility index (Phi) is 13.0. The number of nitrogens with two attached hydrogens (primary N) is 1. The number of amides is 2. The van der Waals surface area contributed by atoms with E-state index in [1.807, 2.05) is 0 Å². The van der Waals surface area contributed by atoms with Crippen molar-refractivity contribution < 1.29 is 28.5 Å². The molecule has 0 atom stereocenters. The fourth-order valence-corrected chi connectivity index (χ4v) is 1.62. The summed E-state index contributed by atoms with van der Waals surface area (Å²) in [5.74, 6) is -0.625. The van der Waals surface area contributed by atoms with E-state index in [0.717, 1.165) is 0 Å². The SMILES string of the molecule is CC(C)(C)OC(=O)N(CCOCCOCCOCCN=[N+]=[N-])CC(N)=O. The van der Waals surface area contributed by atoms with E-state index in [0.29, 0.717) is 39.6 Å². The van der Waals surface area contributed by atoms with Crippen molar-refractivity contribution in [1.29, 1.82) is 0 Å². The van der Waals surface area contributed by atoms with E-state index in [1.165, 1.54) is 4.90 Å². The zero-order valence-corrected chi connectivity index (χ0v) is 15.7. The lowest BCUT2D eigenvalue weighted by Crippen LogP contribution is -2.43. The van der Waals surface area contributed by atoms with Crippen molar-refractivity contribution in [3.05, 3.63) is 10.4 Å². The quantitative estimate of drug-likeness (QED) is 0.208. The molecule has 0 aliphatic carbocycles. The molecule has 0 saturated carbocycles. The van der Waals surface area contributed by atoms with Crippen LogP contribution in [0, 0.1) is 0 Å². The van der Waals surface area contributed by atoms with Gasteiger partial charge in [0.25, 0.3) is 0 Å². The maximum Gasteiger partial charge on any atom is 0.410 e. The molecule has 0 aromatic carbocycles. The van der Waals surface area contributed by atoms with Gasteiger partial charge in [-0.15, -0.1) is 0 Å². The molecule has 0 heterocycles. The van der Waals surface area contributed by atoms with Crippen LogP contribution in [0.2, 0.25) is 0 Å². The average molecular weight is 375 g/mol. The summed E-state index contributed by atoms with van der Waals surface area (Å²) in [6, 6.07) is 0. The van der Waals surface area contributed by atoms with Crippen molar-refractivity contribution in [1.82, 2.24) is 4.90 Å². The van der Waals surface area contributed by atoms with E-state index >= 15 is 0 Å². The van der Waals surface area contributed by atoms with Gasteiger partial charge in [-0.05, 0) is 26.3 Å².